The Morgan fingerprint density at radius 2 is 1.95 bits per heavy atom. The zero-order chi connectivity index (χ0) is 14.7. The van der Waals surface area contributed by atoms with Gasteiger partial charge in [-0.25, -0.2) is 0 Å². The molecule has 0 aliphatic heterocycles. The first-order valence-corrected chi connectivity index (χ1v) is 7.20. The van der Waals surface area contributed by atoms with E-state index >= 15 is 0 Å². The van der Waals surface area contributed by atoms with Crippen LogP contribution in [0.15, 0.2) is 48.5 Å². The Bertz CT molecular complexity index is 650. The molecular weight excluding hydrogens is 262 g/mol. The molecule has 4 heteroatoms. The summed E-state index contributed by atoms with van der Waals surface area (Å²) in [5.74, 6) is 0.000347. The van der Waals surface area contributed by atoms with Gasteiger partial charge in [-0.15, -0.1) is 0 Å². The first-order valence-electron chi connectivity index (χ1n) is 7.20. The van der Waals surface area contributed by atoms with Gasteiger partial charge in [0.25, 0.3) is 5.91 Å². The van der Waals surface area contributed by atoms with Crippen molar-refractivity contribution in [3.8, 4) is 0 Å². The third kappa shape index (κ3) is 3.54. The van der Waals surface area contributed by atoms with Gasteiger partial charge in [-0.05, 0) is 42.7 Å². The molecule has 4 nitrogen and oxygen atoms in total. The summed E-state index contributed by atoms with van der Waals surface area (Å²) in [6.45, 7) is 0.639. The first-order chi connectivity index (χ1) is 10.2. The Morgan fingerprint density at radius 1 is 1.14 bits per heavy atom. The van der Waals surface area contributed by atoms with Crippen LogP contribution in [0.3, 0.4) is 0 Å². The van der Waals surface area contributed by atoms with E-state index in [4.69, 9.17) is 5.73 Å². The van der Waals surface area contributed by atoms with Crippen molar-refractivity contribution >= 4 is 17.3 Å². The van der Waals surface area contributed by atoms with Crippen LogP contribution in [0.4, 0.5) is 11.4 Å². The van der Waals surface area contributed by atoms with Crippen LogP contribution in [0.25, 0.3) is 0 Å². The predicted octanol–water partition coefficient (Wildman–Crippen LogP) is 2.77. The number of hydrogen-bond donors (Lipinski definition) is 3. The number of para-hydroxylation sites is 1. The highest BCUT2D eigenvalue weighted by Crippen LogP contribution is 2.20. The van der Waals surface area contributed by atoms with E-state index in [1.807, 2.05) is 48.5 Å². The molecule has 1 fully saturated rings. The highest BCUT2D eigenvalue weighted by molar-refractivity contribution is 5.95. The monoisotopic (exact) mass is 281 g/mol. The molecule has 2 aromatic carbocycles. The highest BCUT2D eigenvalue weighted by atomic mass is 16.1. The second kappa shape index (κ2) is 5.87. The Labute approximate surface area is 124 Å². The molecule has 1 saturated carbocycles. The van der Waals surface area contributed by atoms with Gasteiger partial charge in [-0.3, -0.25) is 4.79 Å². The minimum Gasteiger partial charge on any atom is -0.398 e. The summed E-state index contributed by atoms with van der Waals surface area (Å²) in [6, 6.07) is 15.7. The van der Waals surface area contributed by atoms with Gasteiger partial charge in [0.15, 0.2) is 0 Å². The summed E-state index contributed by atoms with van der Waals surface area (Å²) in [5, 5.41) is 6.30. The molecular formula is C17H19N3O. The summed E-state index contributed by atoms with van der Waals surface area (Å²) in [7, 11) is 0. The summed E-state index contributed by atoms with van der Waals surface area (Å²) in [6.07, 6.45) is 2.19. The van der Waals surface area contributed by atoms with Gasteiger partial charge >= 0.3 is 0 Å². The zero-order valence-corrected chi connectivity index (χ0v) is 11.8. The quantitative estimate of drug-likeness (QED) is 0.738. The SMILES string of the molecule is Nc1ccccc1CNc1cccc(C(=O)NC2CC2)c1. The maximum absolute atomic E-state index is 12.0. The van der Waals surface area contributed by atoms with Gasteiger partial charge in [0.2, 0.25) is 0 Å². The molecule has 0 bridgehead atoms. The van der Waals surface area contributed by atoms with Crippen LogP contribution in [0.5, 0.6) is 0 Å². The summed E-state index contributed by atoms with van der Waals surface area (Å²) in [5.41, 5.74) is 9.34. The first kappa shape index (κ1) is 13.5. The highest BCUT2D eigenvalue weighted by Gasteiger charge is 2.23. The summed E-state index contributed by atoms with van der Waals surface area (Å²) < 4.78 is 0. The van der Waals surface area contributed by atoms with E-state index in [1.54, 1.807) is 0 Å². The van der Waals surface area contributed by atoms with Crippen LogP contribution in [0.2, 0.25) is 0 Å². The van der Waals surface area contributed by atoms with Crippen LogP contribution < -0.4 is 16.4 Å². The summed E-state index contributed by atoms with van der Waals surface area (Å²) >= 11 is 0. The fraction of sp³-hybridized carbons (Fsp3) is 0.235. The number of carbonyl (C=O) groups excluding carboxylic acids is 1. The standard InChI is InChI=1S/C17H19N3O/c18-16-7-2-1-4-13(16)11-19-15-6-3-5-12(10-15)17(21)20-14-8-9-14/h1-7,10,14,19H,8-9,11,18H2,(H,20,21). The van der Waals surface area contributed by atoms with Crippen LogP contribution in [0, 0.1) is 0 Å². The molecule has 0 radical (unpaired) electrons. The molecule has 21 heavy (non-hydrogen) atoms. The average molecular weight is 281 g/mol. The van der Waals surface area contributed by atoms with Crippen LogP contribution in [0.1, 0.15) is 28.8 Å². The van der Waals surface area contributed by atoms with Gasteiger partial charge in [0, 0.05) is 29.5 Å². The van der Waals surface area contributed by atoms with E-state index in [9.17, 15) is 4.79 Å². The number of nitrogens with two attached hydrogens (primary N) is 1. The third-order valence-corrected chi connectivity index (χ3v) is 3.58. The Morgan fingerprint density at radius 3 is 2.71 bits per heavy atom. The van der Waals surface area contributed by atoms with Crippen molar-refractivity contribution in [2.75, 3.05) is 11.1 Å². The van der Waals surface area contributed by atoms with Gasteiger partial charge in [-0.2, -0.15) is 0 Å². The van der Waals surface area contributed by atoms with E-state index in [0.29, 0.717) is 18.2 Å². The number of carbonyl (C=O) groups is 1. The molecule has 4 N–H and O–H groups in total. The van der Waals surface area contributed by atoms with Crippen molar-refractivity contribution in [2.45, 2.75) is 25.4 Å². The van der Waals surface area contributed by atoms with Crippen molar-refractivity contribution in [3.05, 3.63) is 59.7 Å². The van der Waals surface area contributed by atoms with E-state index in [1.165, 1.54) is 0 Å². The minimum absolute atomic E-state index is 0.000347. The topological polar surface area (TPSA) is 67.1 Å². The molecule has 0 aromatic heterocycles. The Balaban J connectivity index is 1.65. The lowest BCUT2D eigenvalue weighted by molar-refractivity contribution is 0.0951. The minimum atomic E-state index is 0.000347. The fourth-order valence-corrected chi connectivity index (χ4v) is 2.16. The molecule has 0 heterocycles. The van der Waals surface area contributed by atoms with E-state index in [-0.39, 0.29) is 5.91 Å². The molecule has 1 aliphatic rings. The van der Waals surface area contributed by atoms with Crippen molar-refractivity contribution in [3.63, 3.8) is 0 Å². The van der Waals surface area contributed by atoms with Gasteiger partial charge in [0.05, 0.1) is 0 Å². The van der Waals surface area contributed by atoms with E-state index in [2.05, 4.69) is 10.6 Å². The lowest BCUT2D eigenvalue weighted by Gasteiger charge is -2.10. The number of nitrogens with one attached hydrogen (secondary N) is 2. The average Bonchev–Trinajstić information content (AvgIpc) is 3.31. The maximum Gasteiger partial charge on any atom is 0.251 e. The molecule has 0 unspecified atom stereocenters. The fourth-order valence-electron chi connectivity index (χ4n) is 2.16. The smallest absolute Gasteiger partial charge is 0.251 e. The van der Waals surface area contributed by atoms with Gasteiger partial charge < -0.3 is 16.4 Å². The molecule has 108 valence electrons. The third-order valence-electron chi connectivity index (χ3n) is 3.58. The van der Waals surface area contributed by atoms with Gasteiger partial charge in [0.1, 0.15) is 0 Å². The predicted molar refractivity (Wildman–Crippen MR) is 85.1 cm³/mol. The maximum atomic E-state index is 12.0. The lowest BCUT2D eigenvalue weighted by atomic mass is 10.1. The second-order valence-corrected chi connectivity index (χ2v) is 5.38. The number of anilines is 2. The Kier molecular flexibility index (Phi) is 3.77. The number of hydrogen-bond acceptors (Lipinski definition) is 3. The number of benzene rings is 2. The molecule has 1 amide bonds. The lowest BCUT2D eigenvalue weighted by Crippen LogP contribution is -2.25. The normalized spacial score (nSPS) is 13.7. The second-order valence-electron chi connectivity index (χ2n) is 5.38. The van der Waals surface area contributed by atoms with E-state index < -0.39 is 0 Å². The number of amides is 1. The van der Waals surface area contributed by atoms with Crippen LogP contribution in [-0.2, 0) is 6.54 Å². The zero-order valence-electron chi connectivity index (χ0n) is 11.8. The molecule has 1 aliphatic carbocycles. The number of nitrogen functional groups attached to an aromatic ring is 1. The largest absolute Gasteiger partial charge is 0.398 e. The molecule has 0 spiro atoms. The van der Waals surface area contributed by atoms with Crippen molar-refractivity contribution in [1.82, 2.24) is 5.32 Å². The van der Waals surface area contributed by atoms with Crippen molar-refractivity contribution in [2.24, 2.45) is 0 Å². The van der Waals surface area contributed by atoms with Crippen LogP contribution in [-0.4, -0.2) is 11.9 Å². The van der Waals surface area contributed by atoms with Gasteiger partial charge in [-0.1, -0.05) is 24.3 Å². The molecule has 2 aromatic rings. The van der Waals surface area contributed by atoms with Crippen LogP contribution >= 0.6 is 0 Å². The Hall–Kier alpha value is -2.49. The van der Waals surface area contributed by atoms with Crippen molar-refractivity contribution < 1.29 is 4.79 Å². The molecule has 0 atom stereocenters. The van der Waals surface area contributed by atoms with E-state index in [0.717, 1.165) is 29.8 Å². The summed E-state index contributed by atoms with van der Waals surface area (Å²) in [4.78, 5) is 12.0. The molecule has 3 rings (SSSR count). The number of rotatable bonds is 5. The molecule has 0 saturated heterocycles. The van der Waals surface area contributed by atoms with Crippen molar-refractivity contribution in [1.29, 1.82) is 0 Å².